The Balaban J connectivity index is 2.44. The summed E-state index contributed by atoms with van der Waals surface area (Å²) in [5.74, 6) is 1.68. The van der Waals surface area contributed by atoms with Crippen LogP contribution in [0.4, 0.5) is 5.69 Å². The molecule has 0 saturated carbocycles. The standard InChI is InChI=1S/C12H16N2/c1-9(2)12-13-11-7-5-4-6-10(11)8-14(12)3/h4-7,9H,8H2,1-3H3. The van der Waals surface area contributed by atoms with Gasteiger partial charge in [0.2, 0.25) is 0 Å². The molecule has 0 aromatic heterocycles. The maximum Gasteiger partial charge on any atom is 0.107 e. The summed E-state index contributed by atoms with van der Waals surface area (Å²) in [6, 6.07) is 8.35. The van der Waals surface area contributed by atoms with E-state index in [1.54, 1.807) is 0 Å². The summed E-state index contributed by atoms with van der Waals surface area (Å²) in [5.41, 5.74) is 2.45. The van der Waals surface area contributed by atoms with Gasteiger partial charge in [-0.15, -0.1) is 0 Å². The molecule has 1 aromatic rings. The lowest BCUT2D eigenvalue weighted by atomic mass is 10.1. The Labute approximate surface area is 85.3 Å². The van der Waals surface area contributed by atoms with Crippen molar-refractivity contribution < 1.29 is 0 Å². The number of amidine groups is 1. The topological polar surface area (TPSA) is 15.6 Å². The van der Waals surface area contributed by atoms with E-state index in [0.717, 1.165) is 12.2 Å². The highest BCUT2D eigenvalue weighted by Gasteiger charge is 2.17. The lowest BCUT2D eigenvalue weighted by molar-refractivity contribution is 0.465. The van der Waals surface area contributed by atoms with Crippen LogP contribution in [0.2, 0.25) is 0 Å². The molecule has 0 unspecified atom stereocenters. The molecule has 1 aliphatic rings. The molecule has 74 valence electrons. The van der Waals surface area contributed by atoms with E-state index in [1.165, 1.54) is 11.4 Å². The van der Waals surface area contributed by atoms with Gasteiger partial charge in [-0.2, -0.15) is 0 Å². The van der Waals surface area contributed by atoms with E-state index in [0.29, 0.717) is 5.92 Å². The average molecular weight is 188 g/mol. The molecular weight excluding hydrogens is 172 g/mol. The molecule has 0 atom stereocenters. The van der Waals surface area contributed by atoms with Gasteiger partial charge in [0, 0.05) is 19.5 Å². The molecule has 1 aromatic carbocycles. The smallest absolute Gasteiger partial charge is 0.107 e. The maximum atomic E-state index is 4.67. The molecular formula is C12H16N2. The highest BCUT2D eigenvalue weighted by Crippen LogP contribution is 2.26. The van der Waals surface area contributed by atoms with Crippen molar-refractivity contribution in [2.75, 3.05) is 7.05 Å². The second-order valence-electron chi connectivity index (χ2n) is 4.11. The molecule has 2 heteroatoms. The Morgan fingerprint density at radius 3 is 2.71 bits per heavy atom. The Hall–Kier alpha value is -1.31. The first-order chi connectivity index (χ1) is 6.68. The fourth-order valence-electron chi connectivity index (χ4n) is 1.87. The van der Waals surface area contributed by atoms with Crippen LogP contribution in [0.5, 0.6) is 0 Å². The first-order valence-electron chi connectivity index (χ1n) is 5.06. The number of hydrogen-bond donors (Lipinski definition) is 0. The number of benzene rings is 1. The van der Waals surface area contributed by atoms with E-state index in [4.69, 9.17) is 0 Å². The fourth-order valence-corrected chi connectivity index (χ4v) is 1.87. The van der Waals surface area contributed by atoms with Gasteiger partial charge < -0.3 is 4.90 Å². The van der Waals surface area contributed by atoms with Gasteiger partial charge in [-0.3, -0.25) is 0 Å². The molecule has 2 rings (SSSR count). The van der Waals surface area contributed by atoms with Crippen molar-refractivity contribution in [1.82, 2.24) is 4.90 Å². The van der Waals surface area contributed by atoms with E-state index in [-0.39, 0.29) is 0 Å². The van der Waals surface area contributed by atoms with Gasteiger partial charge in [-0.05, 0) is 11.6 Å². The van der Waals surface area contributed by atoms with E-state index in [1.807, 2.05) is 6.07 Å². The van der Waals surface area contributed by atoms with E-state index in [9.17, 15) is 0 Å². The second kappa shape index (κ2) is 3.45. The molecule has 0 aliphatic carbocycles. The number of aliphatic imine (C=N–C) groups is 1. The van der Waals surface area contributed by atoms with Crippen LogP contribution in [0.15, 0.2) is 29.3 Å². The minimum absolute atomic E-state index is 0.494. The lowest BCUT2D eigenvalue weighted by Crippen LogP contribution is -2.32. The van der Waals surface area contributed by atoms with Gasteiger partial charge in [-0.25, -0.2) is 4.99 Å². The van der Waals surface area contributed by atoms with Crippen molar-refractivity contribution in [2.45, 2.75) is 20.4 Å². The molecule has 0 spiro atoms. The average Bonchev–Trinajstić information content (AvgIpc) is 2.16. The van der Waals surface area contributed by atoms with Gasteiger partial charge in [0.25, 0.3) is 0 Å². The van der Waals surface area contributed by atoms with Crippen molar-refractivity contribution in [3.8, 4) is 0 Å². The van der Waals surface area contributed by atoms with Crippen LogP contribution in [0, 0.1) is 5.92 Å². The quantitative estimate of drug-likeness (QED) is 0.661. The van der Waals surface area contributed by atoms with Gasteiger partial charge in [0.15, 0.2) is 0 Å². The number of nitrogens with zero attached hydrogens (tertiary/aromatic N) is 2. The van der Waals surface area contributed by atoms with Crippen LogP contribution in [0.25, 0.3) is 0 Å². The fraction of sp³-hybridized carbons (Fsp3) is 0.417. The van der Waals surface area contributed by atoms with Crippen LogP contribution in [0.3, 0.4) is 0 Å². The third-order valence-electron chi connectivity index (χ3n) is 2.54. The van der Waals surface area contributed by atoms with E-state index >= 15 is 0 Å². The second-order valence-corrected chi connectivity index (χ2v) is 4.11. The molecule has 1 heterocycles. The van der Waals surface area contributed by atoms with Crippen LogP contribution in [-0.4, -0.2) is 17.8 Å². The van der Waals surface area contributed by atoms with Gasteiger partial charge >= 0.3 is 0 Å². The van der Waals surface area contributed by atoms with Crippen molar-refractivity contribution in [2.24, 2.45) is 10.9 Å². The summed E-state index contributed by atoms with van der Waals surface area (Å²) in [4.78, 5) is 6.90. The lowest BCUT2D eigenvalue weighted by Gasteiger charge is -2.28. The number of hydrogen-bond acceptors (Lipinski definition) is 2. The highest BCUT2D eigenvalue weighted by molar-refractivity contribution is 5.88. The molecule has 2 nitrogen and oxygen atoms in total. The molecule has 0 N–H and O–H groups in total. The Morgan fingerprint density at radius 2 is 2.00 bits per heavy atom. The van der Waals surface area contributed by atoms with E-state index in [2.05, 4.69) is 49.0 Å². The van der Waals surface area contributed by atoms with Gasteiger partial charge in [-0.1, -0.05) is 32.0 Å². The highest BCUT2D eigenvalue weighted by atomic mass is 15.2. The van der Waals surface area contributed by atoms with Crippen molar-refractivity contribution in [3.63, 3.8) is 0 Å². The van der Waals surface area contributed by atoms with Crippen LogP contribution >= 0.6 is 0 Å². The summed E-state index contributed by atoms with van der Waals surface area (Å²) >= 11 is 0. The first kappa shape index (κ1) is 9.25. The Bertz CT molecular complexity index is 366. The predicted molar refractivity (Wildman–Crippen MR) is 59.8 cm³/mol. The summed E-state index contributed by atoms with van der Waals surface area (Å²) in [6.07, 6.45) is 0. The predicted octanol–water partition coefficient (Wildman–Crippen LogP) is 2.82. The monoisotopic (exact) mass is 188 g/mol. The molecule has 0 saturated heterocycles. The maximum absolute atomic E-state index is 4.67. The zero-order chi connectivity index (χ0) is 10.1. The van der Waals surface area contributed by atoms with Crippen molar-refractivity contribution in [3.05, 3.63) is 29.8 Å². The normalized spacial score (nSPS) is 15.4. The molecule has 0 amide bonds. The van der Waals surface area contributed by atoms with Crippen LogP contribution in [-0.2, 0) is 6.54 Å². The first-order valence-corrected chi connectivity index (χ1v) is 5.06. The van der Waals surface area contributed by atoms with Gasteiger partial charge in [0.1, 0.15) is 5.84 Å². The number of rotatable bonds is 1. The Morgan fingerprint density at radius 1 is 1.29 bits per heavy atom. The molecule has 0 fully saturated rings. The number of para-hydroxylation sites is 1. The molecule has 0 radical (unpaired) electrons. The Kier molecular flexibility index (Phi) is 2.28. The third kappa shape index (κ3) is 1.52. The van der Waals surface area contributed by atoms with Crippen molar-refractivity contribution >= 4 is 11.5 Å². The van der Waals surface area contributed by atoms with Crippen molar-refractivity contribution in [1.29, 1.82) is 0 Å². The minimum Gasteiger partial charge on any atom is -0.358 e. The SMILES string of the molecule is CC(C)C1=Nc2ccccc2CN1C. The largest absolute Gasteiger partial charge is 0.358 e. The molecule has 14 heavy (non-hydrogen) atoms. The zero-order valence-electron chi connectivity index (χ0n) is 8.99. The van der Waals surface area contributed by atoms with Gasteiger partial charge in [0.05, 0.1) is 5.69 Å². The van der Waals surface area contributed by atoms with Crippen LogP contribution in [0.1, 0.15) is 19.4 Å². The minimum atomic E-state index is 0.494. The molecule has 0 bridgehead atoms. The summed E-state index contributed by atoms with van der Waals surface area (Å²) in [5, 5.41) is 0. The van der Waals surface area contributed by atoms with Crippen LogP contribution < -0.4 is 0 Å². The third-order valence-corrected chi connectivity index (χ3v) is 2.54. The number of fused-ring (bicyclic) bond motifs is 1. The summed E-state index contributed by atoms with van der Waals surface area (Å²) in [6.45, 7) is 5.35. The molecule has 1 aliphatic heterocycles. The summed E-state index contributed by atoms with van der Waals surface area (Å²) < 4.78 is 0. The zero-order valence-corrected chi connectivity index (χ0v) is 8.99. The van der Waals surface area contributed by atoms with E-state index < -0.39 is 0 Å². The summed E-state index contributed by atoms with van der Waals surface area (Å²) in [7, 11) is 2.11.